The van der Waals surface area contributed by atoms with E-state index in [0.29, 0.717) is 61.2 Å². The SMILES string of the molecule is CCOCCNC(=O)C1=Cc2c(ncnc2Nc2ccc(Oc3cccc(C(F)(F)F)c3)c(Cl)c2)NCC1. The minimum atomic E-state index is -4.49. The normalized spacial score (nSPS) is 13.0. The molecule has 3 N–H and O–H groups in total. The van der Waals surface area contributed by atoms with E-state index in [9.17, 15) is 18.0 Å². The molecular weight excluding hydrogens is 523 g/mol. The molecular formula is C26H25ClF3N5O3. The number of amides is 1. The van der Waals surface area contributed by atoms with Gasteiger partial charge in [-0.15, -0.1) is 0 Å². The smallest absolute Gasteiger partial charge is 0.416 e. The van der Waals surface area contributed by atoms with Gasteiger partial charge in [-0.05, 0) is 55.8 Å². The van der Waals surface area contributed by atoms with Crippen molar-refractivity contribution in [2.75, 3.05) is 36.9 Å². The van der Waals surface area contributed by atoms with E-state index in [1.807, 2.05) is 6.92 Å². The van der Waals surface area contributed by atoms with Gasteiger partial charge < -0.3 is 25.4 Å². The second-order valence-electron chi connectivity index (χ2n) is 8.18. The minimum absolute atomic E-state index is 0.00632. The molecule has 12 heteroatoms. The molecule has 0 fully saturated rings. The van der Waals surface area contributed by atoms with Crippen LogP contribution in [0.4, 0.5) is 30.5 Å². The highest BCUT2D eigenvalue weighted by molar-refractivity contribution is 6.32. The lowest BCUT2D eigenvalue weighted by molar-refractivity contribution is -0.137. The Hall–Kier alpha value is -3.83. The van der Waals surface area contributed by atoms with Crippen LogP contribution in [0.3, 0.4) is 0 Å². The average molecular weight is 548 g/mol. The van der Waals surface area contributed by atoms with Crippen LogP contribution in [0.25, 0.3) is 6.08 Å². The van der Waals surface area contributed by atoms with Crippen LogP contribution in [0.5, 0.6) is 11.5 Å². The topological polar surface area (TPSA) is 97.4 Å². The fourth-order valence-electron chi connectivity index (χ4n) is 3.67. The molecule has 1 aliphatic rings. The molecule has 8 nitrogen and oxygen atoms in total. The van der Waals surface area contributed by atoms with Crippen molar-refractivity contribution < 1.29 is 27.4 Å². The first-order valence-corrected chi connectivity index (χ1v) is 12.2. The Kier molecular flexibility index (Phi) is 8.70. The molecule has 38 heavy (non-hydrogen) atoms. The maximum atomic E-state index is 13.0. The largest absolute Gasteiger partial charge is 0.456 e. The summed E-state index contributed by atoms with van der Waals surface area (Å²) < 4.78 is 49.9. The standard InChI is InChI=1S/C26H25ClF3N5O3/c1-2-37-11-10-32-25(36)16-8-9-31-23-20(12-16)24(34-15-33-23)35-18-6-7-22(21(27)14-18)38-19-5-3-4-17(13-19)26(28,29)30/h3-7,12-15H,2,8-11H2,1H3,(H,32,36)(H2,31,33,34,35). The Labute approximate surface area is 222 Å². The van der Waals surface area contributed by atoms with E-state index >= 15 is 0 Å². The number of anilines is 3. The van der Waals surface area contributed by atoms with Crippen molar-refractivity contribution in [1.82, 2.24) is 15.3 Å². The van der Waals surface area contributed by atoms with Gasteiger partial charge in [0.1, 0.15) is 29.5 Å². The zero-order chi connectivity index (χ0) is 27.1. The van der Waals surface area contributed by atoms with Gasteiger partial charge in [0, 0.05) is 31.0 Å². The Bertz CT molecular complexity index is 1330. The summed E-state index contributed by atoms with van der Waals surface area (Å²) in [6, 6.07) is 9.30. The summed E-state index contributed by atoms with van der Waals surface area (Å²) >= 11 is 6.37. The number of benzene rings is 2. The third kappa shape index (κ3) is 6.93. The summed E-state index contributed by atoms with van der Waals surface area (Å²) in [4.78, 5) is 21.3. The number of carbonyl (C=O) groups excluding carboxylic acids is 1. The molecule has 200 valence electrons. The lowest BCUT2D eigenvalue weighted by atomic mass is 10.1. The van der Waals surface area contributed by atoms with Crippen molar-refractivity contribution in [2.45, 2.75) is 19.5 Å². The Morgan fingerprint density at radius 3 is 2.79 bits per heavy atom. The number of fused-ring (bicyclic) bond motifs is 1. The second kappa shape index (κ2) is 12.1. The summed E-state index contributed by atoms with van der Waals surface area (Å²) in [6.07, 6.45) is -0.869. The fourth-order valence-corrected chi connectivity index (χ4v) is 3.89. The lowest BCUT2D eigenvalue weighted by Crippen LogP contribution is -2.29. The van der Waals surface area contributed by atoms with Crippen LogP contribution in [-0.2, 0) is 15.7 Å². The lowest BCUT2D eigenvalue weighted by Gasteiger charge is -2.14. The molecule has 0 radical (unpaired) electrons. The average Bonchev–Trinajstić information content (AvgIpc) is 3.11. The van der Waals surface area contributed by atoms with Crippen molar-refractivity contribution in [2.24, 2.45) is 0 Å². The van der Waals surface area contributed by atoms with E-state index in [0.717, 1.165) is 12.1 Å². The van der Waals surface area contributed by atoms with Crippen molar-refractivity contribution in [3.63, 3.8) is 0 Å². The number of hydrogen-bond acceptors (Lipinski definition) is 7. The van der Waals surface area contributed by atoms with E-state index in [4.69, 9.17) is 21.1 Å². The Balaban J connectivity index is 1.52. The first kappa shape index (κ1) is 27.2. The minimum Gasteiger partial charge on any atom is -0.456 e. The maximum absolute atomic E-state index is 13.0. The van der Waals surface area contributed by atoms with Gasteiger partial charge in [-0.3, -0.25) is 4.79 Å². The summed E-state index contributed by atoms with van der Waals surface area (Å²) in [5.74, 6) is 0.993. The van der Waals surface area contributed by atoms with Crippen LogP contribution in [0.2, 0.25) is 5.02 Å². The zero-order valence-electron chi connectivity index (χ0n) is 20.4. The van der Waals surface area contributed by atoms with Crippen LogP contribution in [-0.4, -0.2) is 42.2 Å². The van der Waals surface area contributed by atoms with E-state index in [-0.39, 0.29) is 22.4 Å². The Morgan fingerprint density at radius 1 is 1.18 bits per heavy atom. The van der Waals surface area contributed by atoms with Gasteiger partial charge in [0.15, 0.2) is 0 Å². The van der Waals surface area contributed by atoms with Gasteiger partial charge >= 0.3 is 6.18 Å². The van der Waals surface area contributed by atoms with Gasteiger partial charge in [0.2, 0.25) is 5.91 Å². The molecule has 0 saturated carbocycles. The Morgan fingerprint density at radius 2 is 2.03 bits per heavy atom. The molecule has 0 atom stereocenters. The van der Waals surface area contributed by atoms with E-state index < -0.39 is 11.7 Å². The zero-order valence-corrected chi connectivity index (χ0v) is 21.1. The van der Waals surface area contributed by atoms with Crippen molar-refractivity contribution in [1.29, 1.82) is 0 Å². The van der Waals surface area contributed by atoms with Crippen LogP contribution in [0.15, 0.2) is 54.4 Å². The van der Waals surface area contributed by atoms with Gasteiger partial charge in [-0.1, -0.05) is 17.7 Å². The van der Waals surface area contributed by atoms with Crippen molar-refractivity contribution >= 4 is 40.9 Å². The van der Waals surface area contributed by atoms with Gasteiger partial charge in [0.05, 0.1) is 22.8 Å². The highest BCUT2D eigenvalue weighted by atomic mass is 35.5. The quantitative estimate of drug-likeness (QED) is 0.281. The third-order valence-corrected chi connectivity index (χ3v) is 5.80. The first-order valence-electron chi connectivity index (χ1n) is 11.8. The molecule has 0 aliphatic carbocycles. The molecule has 3 aromatic rings. The molecule has 1 amide bonds. The molecule has 2 aromatic carbocycles. The van der Waals surface area contributed by atoms with Gasteiger partial charge in [-0.2, -0.15) is 13.2 Å². The predicted molar refractivity (Wildman–Crippen MR) is 139 cm³/mol. The fraction of sp³-hybridized carbons (Fsp3) is 0.269. The van der Waals surface area contributed by atoms with Crippen LogP contribution < -0.4 is 20.7 Å². The second-order valence-corrected chi connectivity index (χ2v) is 8.59. The highest BCUT2D eigenvalue weighted by Gasteiger charge is 2.30. The number of aromatic nitrogens is 2. The number of carbonyl (C=O) groups is 1. The van der Waals surface area contributed by atoms with Crippen LogP contribution >= 0.6 is 11.6 Å². The number of rotatable bonds is 9. The number of ether oxygens (including phenoxy) is 2. The monoisotopic (exact) mass is 547 g/mol. The summed E-state index contributed by atoms with van der Waals surface area (Å²) in [5, 5.41) is 9.39. The maximum Gasteiger partial charge on any atom is 0.416 e. The van der Waals surface area contributed by atoms with Crippen molar-refractivity contribution in [3.8, 4) is 11.5 Å². The highest BCUT2D eigenvalue weighted by Crippen LogP contribution is 2.36. The number of alkyl halides is 3. The van der Waals surface area contributed by atoms with E-state index in [1.54, 1.807) is 18.2 Å². The molecule has 0 bridgehead atoms. The van der Waals surface area contributed by atoms with Gasteiger partial charge in [-0.25, -0.2) is 9.97 Å². The molecule has 0 saturated heterocycles. The van der Waals surface area contributed by atoms with Crippen LogP contribution in [0.1, 0.15) is 24.5 Å². The number of nitrogens with one attached hydrogen (secondary N) is 3. The predicted octanol–water partition coefficient (Wildman–Crippen LogP) is 6.04. The number of halogens is 4. The summed E-state index contributed by atoms with van der Waals surface area (Å²) in [6.45, 7) is 3.80. The molecule has 0 unspecified atom stereocenters. The summed E-state index contributed by atoms with van der Waals surface area (Å²) in [5.41, 5.74) is 0.888. The van der Waals surface area contributed by atoms with Crippen LogP contribution in [0, 0.1) is 0 Å². The summed E-state index contributed by atoms with van der Waals surface area (Å²) in [7, 11) is 0. The molecule has 2 heterocycles. The number of nitrogens with zero attached hydrogens (tertiary/aromatic N) is 2. The molecule has 4 rings (SSSR count). The van der Waals surface area contributed by atoms with E-state index in [2.05, 4.69) is 25.9 Å². The van der Waals surface area contributed by atoms with Gasteiger partial charge in [0.25, 0.3) is 0 Å². The molecule has 1 aliphatic heterocycles. The first-order chi connectivity index (χ1) is 18.2. The van der Waals surface area contributed by atoms with E-state index in [1.165, 1.54) is 24.5 Å². The number of hydrogen-bond donors (Lipinski definition) is 3. The molecule has 1 aromatic heterocycles. The van der Waals surface area contributed by atoms with Crippen molar-refractivity contribution in [3.05, 3.63) is 70.5 Å². The third-order valence-electron chi connectivity index (χ3n) is 5.50. The molecule has 0 spiro atoms.